The van der Waals surface area contributed by atoms with Crippen LogP contribution in [0.3, 0.4) is 0 Å². The van der Waals surface area contributed by atoms with Crippen molar-refractivity contribution in [3.8, 4) is 0 Å². The van der Waals surface area contributed by atoms with Crippen molar-refractivity contribution < 1.29 is 14.3 Å². The van der Waals surface area contributed by atoms with Crippen LogP contribution >= 0.6 is 0 Å². The van der Waals surface area contributed by atoms with Crippen LogP contribution < -0.4 is 5.32 Å². The number of carbonyl (C=O) groups is 2. The van der Waals surface area contributed by atoms with Crippen LogP contribution in [0.25, 0.3) is 0 Å². The molecular formula is C12H13NO3. The number of hydrogen-bond acceptors (Lipinski definition) is 3. The van der Waals surface area contributed by atoms with Crippen LogP contribution in [-0.4, -0.2) is 12.0 Å². The monoisotopic (exact) mass is 219 g/mol. The molecule has 0 bridgehead atoms. The molecule has 1 aromatic rings. The molecule has 0 aromatic heterocycles. The number of cyclic esters (lactones) is 1. The van der Waals surface area contributed by atoms with Crippen LogP contribution in [0, 0.1) is 0 Å². The number of aryl methyl sites for hydroxylation is 1. The van der Waals surface area contributed by atoms with Gasteiger partial charge in [0, 0.05) is 5.56 Å². The first-order valence-electron chi connectivity index (χ1n) is 5.20. The van der Waals surface area contributed by atoms with Crippen molar-refractivity contribution in [2.24, 2.45) is 0 Å². The highest BCUT2D eigenvalue weighted by molar-refractivity contribution is 6.03. The Bertz CT molecular complexity index is 438. The summed E-state index contributed by atoms with van der Waals surface area (Å²) < 4.78 is 5.02. The Morgan fingerprint density at radius 3 is 2.31 bits per heavy atom. The Labute approximate surface area is 93.6 Å². The molecule has 1 aliphatic heterocycles. The fourth-order valence-electron chi connectivity index (χ4n) is 1.72. The van der Waals surface area contributed by atoms with Gasteiger partial charge >= 0.3 is 6.09 Å². The second-order valence-corrected chi connectivity index (χ2v) is 3.93. The molecule has 1 heterocycles. The Balaban J connectivity index is 2.36. The third kappa shape index (κ3) is 1.56. The van der Waals surface area contributed by atoms with Crippen LogP contribution in [0.15, 0.2) is 24.3 Å². The topological polar surface area (TPSA) is 55.4 Å². The number of rotatable bonds is 2. The summed E-state index contributed by atoms with van der Waals surface area (Å²) in [4.78, 5) is 22.6. The molecule has 0 radical (unpaired) electrons. The van der Waals surface area contributed by atoms with E-state index < -0.39 is 17.6 Å². The van der Waals surface area contributed by atoms with Gasteiger partial charge in [-0.2, -0.15) is 0 Å². The van der Waals surface area contributed by atoms with E-state index in [-0.39, 0.29) is 0 Å². The van der Waals surface area contributed by atoms with Crippen molar-refractivity contribution in [2.75, 3.05) is 0 Å². The Kier molecular flexibility index (Phi) is 2.42. The largest absolute Gasteiger partial charge is 0.428 e. The summed E-state index contributed by atoms with van der Waals surface area (Å²) in [5.74, 6) is -0.415. The van der Waals surface area contributed by atoms with Gasteiger partial charge < -0.3 is 4.74 Å². The van der Waals surface area contributed by atoms with Crippen molar-refractivity contribution in [3.05, 3.63) is 35.4 Å². The second-order valence-electron chi connectivity index (χ2n) is 3.93. The Hall–Kier alpha value is -1.84. The molecule has 0 aliphatic carbocycles. The minimum Gasteiger partial charge on any atom is -0.428 e. The number of hydrogen-bond donors (Lipinski definition) is 1. The zero-order valence-corrected chi connectivity index (χ0v) is 9.24. The molecule has 1 fully saturated rings. The summed E-state index contributed by atoms with van der Waals surface area (Å²) in [6.45, 7) is 3.65. The smallest absolute Gasteiger partial charge is 0.415 e. The first kappa shape index (κ1) is 10.7. The summed E-state index contributed by atoms with van der Waals surface area (Å²) in [5.41, 5.74) is 0.675. The van der Waals surface area contributed by atoms with Crippen molar-refractivity contribution >= 4 is 12.0 Å². The summed E-state index contributed by atoms with van der Waals surface area (Å²) >= 11 is 0. The Morgan fingerprint density at radius 2 is 1.88 bits per heavy atom. The van der Waals surface area contributed by atoms with Gasteiger partial charge in [0.1, 0.15) is 0 Å². The van der Waals surface area contributed by atoms with Gasteiger partial charge in [-0.3, -0.25) is 10.1 Å². The fourth-order valence-corrected chi connectivity index (χ4v) is 1.72. The summed E-state index contributed by atoms with van der Waals surface area (Å²) in [5, 5.41) is 2.13. The number of nitrogens with one attached hydrogen (secondary N) is 1. The molecule has 4 nitrogen and oxygen atoms in total. The maximum absolute atomic E-state index is 11.6. The second kappa shape index (κ2) is 3.63. The van der Waals surface area contributed by atoms with Gasteiger partial charge in [-0.25, -0.2) is 4.79 Å². The van der Waals surface area contributed by atoms with Crippen LogP contribution in [0.2, 0.25) is 0 Å². The number of benzene rings is 1. The van der Waals surface area contributed by atoms with E-state index in [1.165, 1.54) is 5.56 Å². The molecule has 2 rings (SSSR count). The number of ether oxygens (including phenoxy) is 1. The van der Waals surface area contributed by atoms with Crippen LogP contribution in [-0.2, 0) is 21.6 Å². The third-order valence-corrected chi connectivity index (χ3v) is 2.86. The van der Waals surface area contributed by atoms with Crippen molar-refractivity contribution in [1.82, 2.24) is 5.32 Å². The van der Waals surface area contributed by atoms with Gasteiger partial charge in [0.15, 0.2) is 0 Å². The third-order valence-electron chi connectivity index (χ3n) is 2.86. The quantitative estimate of drug-likeness (QED) is 0.824. The average molecular weight is 219 g/mol. The standard InChI is InChI=1S/C12H13NO3/c1-3-8-4-6-9(7-5-8)12(2)10(14)13-11(15)16-12/h4-7H,3H2,1-2H3,(H,13,14,15). The van der Waals surface area contributed by atoms with E-state index in [0.717, 1.165) is 6.42 Å². The number of carbonyl (C=O) groups excluding carboxylic acids is 2. The molecule has 0 spiro atoms. The zero-order chi connectivity index (χ0) is 11.8. The lowest BCUT2D eigenvalue weighted by Crippen LogP contribution is -2.33. The van der Waals surface area contributed by atoms with Gasteiger partial charge in [0.2, 0.25) is 5.60 Å². The molecule has 0 saturated carbocycles. The summed E-state index contributed by atoms with van der Waals surface area (Å²) in [7, 11) is 0. The van der Waals surface area contributed by atoms with Crippen molar-refractivity contribution in [2.45, 2.75) is 25.9 Å². The highest BCUT2D eigenvalue weighted by Crippen LogP contribution is 2.29. The number of imide groups is 1. The summed E-state index contributed by atoms with van der Waals surface area (Å²) in [6.07, 6.45) is 0.246. The number of amides is 2. The molecule has 1 unspecified atom stereocenters. The predicted octanol–water partition coefficient (Wildman–Crippen LogP) is 1.73. The van der Waals surface area contributed by atoms with E-state index in [4.69, 9.17) is 4.74 Å². The van der Waals surface area contributed by atoms with E-state index >= 15 is 0 Å². The van der Waals surface area contributed by atoms with E-state index in [1.54, 1.807) is 6.92 Å². The lowest BCUT2D eigenvalue weighted by molar-refractivity contribution is -0.130. The van der Waals surface area contributed by atoms with Gasteiger partial charge in [0.25, 0.3) is 5.91 Å². The first-order chi connectivity index (χ1) is 7.56. The molecule has 2 amide bonds. The van der Waals surface area contributed by atoms with Gasteiger partial charge in [-0.15, -0.1) is 0 Å². The average Bonchev–Trinajstić information content (AvgIpc) is 2.54. The van der Waals surface area contributed by atoms with Gasteiger partial charge in [-0.1, -0.05) is 31.2 Å². The highest BCUT2D eigenvalue weighted by atomic mass is 16.6. The highest BCUT2D eigenvalue weighted by Gasteiger charge is 2.46. The molecule has 1 saturated heterocycles. The van der Waals surface area contributed by atoms with E-state index in [0.29, 0.717) is 5.56 Å². The minimum atomic E-state index is -1.19. The first-order valence-corrected chi connectivity index (χ1v) is 5.20. The zero-order valence-electron chi connectivity index (χ0n) is 9.24. The summed E-state index contributed by atoms with van der Waals surface area (Å²) in [6, 6.07) is 7.49. The lowest BCUT2D eigenvalue weighted by atomic mass is 9.94. The van der Waals surface area contributed by atoms with Gasteiger partial charge in [0.05, 0.1) is 0 Å². The molecule has 1 atom stereocenters. The molecule has 1 N–H and O–H groups in total. The minimum absolute atomic E-state index is 0.415. The molecular weight excluding hydrogens is 206 g/mol. The van der Waals surface area contributed by atoms with Gasteiger partial charge in [-0.05, 0) is 18.9 Å². The predicted molar refractivity (Wildman–Crippen MR) is 57.8 cm³/mol. The maximum Gasteiger partial charge on any atom is 0.415 e. The maximum atomic E-state index is 11.6. The fraction of sp³-hybridized carbons (Fsp3) is 0.333. The van der Waals surface area contributed by atoms with Crippen molar-refractivity contribution in [1.29, 1.82) is 0 Å². The van der Waals surface area contributed by atoms with Crippen LogP contribution in [0.4, 0.5) is 4.79 Å². The van der Waals surface area contributed by atoms with E-state index in [9.17, 15) is 9.59 Å². The molecule has 16 heavy (non-hydrogen) atoms. The molecule has 84 valence electrons. The molecule has 4 heteroatoms. The Morgan fingerprint density at radius 1 is 1.25 bits per heavy atom. The SMILES string of the molecule is CCc1ccc(C2(C)OC(=O)NC2=O)cc1. The molecule has 1 aliphatic rings. The van der Waals surface area contributed by atoms with Crippen LogP contribution in [0.1, 0.15) is 25.0 Å². The lowest BCUT2D eigenvalue weighted by Gasteiger charge is -2.19. The van der Waals surface area contributed by atoms with E-state index in [1.807, 2.05) is 24.3 Å². The van der Waals surface area contributed by atoms with E-state index in [2.05, 4.69) is 12.2 Å². The van der Waals surface area contributed by atoms with Crippen molar-refractivity contribution in [3.63, 3.8) is 0 Å². The molecule has 1 aromatic carbocycles. The normalized spacial score (nSPS) is 24.1. The van der Waals surface area contributed by atoms with Crippen LogP contribution in [0.5, 0.6) is 0 Å². The number of alkyl carbamates (subject to hydrolysis) is 1.